The first kappa shape index (κ1) is 19.6. The number of aryl methyl sites for hydroxylation is 1. The van der Waals surface area contributed by atoms with Crippen molar-refractivity contribution in [3.8, 4) is 23.3 Å². The predicted molar refractivity (Wildman–Crippen MR) is 106 cm³/mol. The first-order chi connectivity index (χ1) is 13.5. The highest BCUT2D eigenvalue weighted by Crippen LogP contribution is 2.41. The minimum atomic E-state index is -0.285. The number of nitrogens with zero attached hydrogens (tertiary/aromatic N) is 2. The van der Waals surface area contributed by atoms with Crippen LogP contribution in [-0.2, 0) is 6.54 Å². The van der Waals surface area contributed by atoms with Gasteiger partial charge in [0.05, 0.1) is 7.11 Å². The van der Waals surface area contributed by atoms with E-state index >= 15 is 0 Å². The summed E-state index contributed by atoms with van der Waals surface area (Å²) < 4.78 is 18.7. The van der Waals surface area contributed by atoms with Crippen LogP contribution in [0.3, 0.4) is 0 Å². The maximum atomic E-state index is 13.0. The molecule has 0 N–H and O–H groups in total. The molecule has 1 aromatic carbocycles. The smallest absolute Gasteiger partial charge is 0.205 e. The number of ether oxygens (including phenoxy) is 3. The van der Waals surface area contributed by atoms with Gasteiger partial charge in [-0.2, -0.15) is 5.26 Å². The van der Waals surface area contributed by atoms with E-state index in [0.717, 1.165) is 24.4 Å². The van der Waals surface area contributed by atoms with Crippen LogP contribution in [0.1, 0.15) is 40.7 Å². The number of methoxy groups -OCH3 is 1. The average Bonchev–Trinajstić information content (AvgIpc) is 2.99. The van der Waals surface area contributed by atoms with E-state index in [9.17, 15) is 10.1 Å². The van der Waals surface area contributed by atoms with Crippen LogP contribution >= 0.6 is 0 Å². The third-order valence-corrected chi connectivity index (χ3v) is 4.79. The van der Waals surface area contributed by atoms with Gasteiger partial charge in [-0.25, -0.2) is 0 Å². The molecule has 1 aliphatic rings. The van der Waals surface area contributed by atoms with Gasteiger partial charge in [0.15, 0.2) is 11.5 Å². The van der Waals surface area contributed by atoms with E-state index in [4.69, 9.17) is 14.2 Å². The van der Waals surface area contributed by atoms with E-state index in [1.807, 2.05) is 26.0 Å². The number of nitriles is 1. The van der Waals surface area contributed by atoms with Gasteiger partial charge in [0.2, 0.25) is 11.5 Å². The van der Waals surface area contributed by atoms with Crippen LogP contribution in [0.15, 0.2) is 23.8 Å². The molecule has 0 atom stereocenters. The van der Waals surface area contributed by atoms with Crippen molar-refractivity contribution in [1.29, 1.82) is 5.26 Å². The van der Waals surface area contributed by atoms with Crippen molar-refractivity contribution in [2.75, 3.05) is 20.3 Å². The summed E-state index contributed by atoms with van der Waals surface area (Å²) in [7, 11) is 1.54. The van der Waals surface area contributed by atoms with Crippen molar-refractivity contribution in [3.05, 3.63) is 46.3 Å². The summed E-state index contributed by atoms with van der Waals surface area (Å²) in [5, 5.41) is 9.62. The third-order valence-electron chi connectivity index (χ3n) is 4.79. The number of aromatic nitrogens is 1. The lowest BCUT2D eigenvalue weighted by Crippen LogP contribution is -2.16. The van der Waals surface area contributed by atoms with Gasteiger partial charge in [0, 0.05) is 23.5 Å². The quantitative estimate of drug-likeness (QED) is 0.429. The normalized spacial score (nSPS) is 13.2. The second-order valence-electron chi connectivity index (χ2n) is 6.68. The Balaban J connectivity index is 2.00. The lowest BCUT2D eigenvalue weighted by Gasteiger charge is -2.21. The van der Waals surface area contributed by atoms with Crippen molar-refractivity contribution >= 4 is 11.9 Å². The largest absolute Gasteiger partial charge is 0.493 e. The van der Waals surface area contributed by atoms with Crippen molar-refractivity contribution in [3.63, 3.8) is 0 Å². The van der Waals surface area contributed by atoms with Crippen LogP contribution in [0.2, 0.25) is 0 Å². The molecule has 0 saturated carbocycles. The molecule has 0 aliphatic carbocycles. The van der Waals surface area contributed by atoms with Gasteiger partial charge in [-0.15, -0.1) is 0 Å². The van der Waals surface area contributed by atoms with Gasteiger partial charge >= 0.3 is 0 Å². The van der Waals surface area contributed by atoms with E-state index in [1.165, 1.54) is 0 Å². The molecular weight excluding hydrogens is 356 g/mol. The highest BCUT2D eigenvalue weighted by molar-refractivity contribution is 6.14. The zero-order chi connectivity index (χ0) is 20.3. The molecule has 2 heterocycles. The molecule has 0 amide bonds. The predicted octanol–water partition coefficient (Wildman–Crippen LogP) is 4.08. The van der Waals surface area contributed by atoms with Gasteiger partial charge in [-0.3, -0.25) is 4.79 Å². The summed E-state index contributed by atoms with van der Waals surface area (Å²) in [6, 6.07) is 7.38. The number of carbonyl (C=O) groups excluding carboxylic acids is 1. The van der Waals surface area contributed by atoms with Crippen molar-refractivity contribution in [2.45, 2.75) is 33.7 Å². The highest BCUT2D eigenvalue weighted by Gasteiger charge is 2.21. The molecule has 1 aliphatic heterocycles. The Labute approximate surface area is 164 Å². The Morgan fingerprint density at radius 1 is 1.29 bits per heavy atom. The number of fused-ring (bicyclic) bond motifs is 1. The molecule has 0 fully saturated rings. The van der Waals surface area contributed by atoms with Gasteiger partial charge < -0.3 is 18.8 Å². The summed E-state index contributed by atoms with van der Waals surface area (Å²) in [5.41, 5.74) is 3.17. The van der Waals surface area contributed by atoms with Crippen molar-refractivity contribution < 1.29 is 19.0 Å². The van der Waals surface area contributed by atoms with Gasteiger partial charge in [-0.05, 0) is 50.1 Å². The molecule has 6 heteroatoms. The molecule has 0 unspecified atom stereocenters. The Bertz CT molecular complexity index is 962. The summed E-state index contributed by atoms with van der Waals surface area (Å²) >= 11 is 0. The maximum Gasteiger partial charge on any atom is 0.205 e. The number of ketones is 1. The van der Waals surface area contributed by atoms with Gasteiger partial charge in [-0.1, -0.05) is 6.92 Å². The molecule has 0 spiro atoms. The highest BCUT2D eigenvalue weighted by atomic mass is 16.6. The number of hydrogen-bond acceptors (Lipinski definition) is 5. The van der Waals surface area contributed by atoms with Crippen LogP contribution < -0.4 is 14.2 Å². The Hall–Kier alpha value is -3.20. The van der Waals surface area contributed by atoms with Crippen LogP contribution in [0.4, 0.5) is 0 Å². The number of allylic oxidation sites excluding steroid dienone is 1. The number of carbonyl (C=O) groups is 1. The molecule has 146 valence electrons. The van der Waals surface area contributed by atoms with E-state index < -0.39 is 0 Å². The summed E-state index contributed by atoms with van der Waals surface area (Å²) in [6.45, 7) is 7.72. The average molecular weight is 380 g/mol. The monoisotopic (exact) mass is 380 g/mol. The lowest BCUT2D eigenvalue weighted by molar-refractivity contribution is 0.103. The molecule has 1 aromatic heterocycles. The van der Waals surface area contributed by atoms with E-state index in [-0.39, 0.29) is 11.4 Å². The van der Waals surface area contributed by atoms with Gasteiger partial charge in [0.1, 0.15) is 24.9 Å². The molecule has 2 aromatic rings. The number of benzene rings is 1. The molecule has 0 saturated heterocycles. The van der Waals surface area contributed by atoms with Crippen molar-refractivity contribution in [1.82, 2.24) is 4.57 Å². The minimum Gasteiger partial charge on any atom is -0.493 e. The number of hydrogen-bond donors (Lipinski definition) is 0. The summed E-state index contributed by atoms with van der Waals surface area (Å²) in [6.07, 6.45) is 2.54. The van der Waals surface area contributed by atoms with E-state index in [2.05, 4.69) is 11.5 Å². The molecular formula is C22H24N2O4. The topological polar surface area (TPSA) is 73.5 Å². The molecule has 6 nitrogen and oxygen atoms in total. The third kappa shape index (κ3) is 3.61. The van der Waals surface area contributed by atoms with Crippen molar-refractivity contribution in [2.24, 2.45) is 0 Å². The maximum absolute atomic E-state index is 13.0. The molecule has 0 bridgehead atoms. The lowest BCUT2D eigenvalue weighted by atomic mass is 10.0. The Kier molecular flexibility index (Phi) is 5.74. The first-order valence-corrected chi connectivity index (χ1v) is 9.31. The van der Waals surface area contributed by atoms with Crippen LogP contribution in [0.25, 0.3) is 6.08 Å². The fraction of sp³-hybridized carbons (Fsp3) is 0.364. The molecule has 3 rings (SSSR count). The second-order valence-corrected chi connectivity index (χ2v) is 6.68. The standard InChI is InChI=1S/C22H24N2O4/c1-5-6-24-14(2)9-18(15(24)3)21(25)17(13-23)10-16-11-19(26-4)22-20(12-16)27-7-8-28-22/h9-12H,5-8H2,1-4H3/b17-10+. The zero-order valence-corrected chi connectivity index (χ0v) is 16.7. The summed E-state index contributed by atoms with van der Waals surface area (Å²) in [4.78, 5) is 13.0. The minimum absolute atomic E-state index is 0.0653. The SMILES string of the molecule is CCCn1c(C)cc(C(=O)/C(C#N)=C/c2cc(OC)c3c(c2)OCCO3)c1C. The Morgan fingerprint density at radius 3 is 2.71 bits per heavy atom. The molecule has 0 radical (unpaired) electrons. The molecule has 28 heavy (non-hydrogen) atoms. The summed E-state index contributed by atoms with van der Waals surface area (Å²) in [5.74, 6) is 1.31. The fourth-order valence-corrected chi connectivity index (χ4v) is 3.44. The van der Waals surface area contributed by atoms with Gasteiger partial charge in [0.25, 0.3) is 0 Å². The van der Waals surface area contributed by atoms with Crippen LogP contribution in [0, 0.1) is 25.2 Å². The fourth-order valence-electron chi connectivity index (χ4n) is 3.44. The zero-order valence-electron chi connectivity index (χ0n) is 16.7. The van der Waals surface area contributed by atoms with E-state index in [0.29, 0.717) is 41.6 Å². The second kappa shape index (κ2) is 8.22. The Morgan fingerprint density at radius 2 is 2.04 bits per heavy atom. The van der Waals surface area contributed by atoms with Crippen LogP contribution in [0.5, 0.6) is 17.2 Å². The number of rotatable bonds is 6. The van der Waals surface area contributed by atoms with Crippen LogP contribution in [-0.4, -0.2) is 30.7 Å². The van der Waals surface area contributed by atoms with E-state index in [1.54, 1.807) is 25.3 Å². The number of Topliss-reactive ketones (excluding diaryl/α,β-unsaturated/α-hetero) is 1. The first-order valence-electron chi connectivity index (χ1n) is 9.31.